The number of hydrogen-bond acceptors (Lipinski definition) is 5. The van der Waals surface area contributed by atoms with Gasteiger partial charge >= 0.3 is 10.2 Å². The molecular weight excluding hydrogens is 528 g/mol. The van der Waals surface area contributed by atoms with E-state index in [0.717, 1.165) is 36.0 Å². The fourth-order valence-corrected chi connectivity index (χ4v) is 6.54. The third-order valence-electron chi connectivity index (χ3n) is 6.87. The topological polar surface area (TPSA) is 79.0 Å². The van der Waals surface area contributed by atoms with E-state index in [-0.39, 0.29) is 17.6 Å². The highest BCUT2D eigenvalue weighted by Crippen LogP contribution is 2.43. The third-order valence-corrected chi connectivity index (χ3v) is 8.79. The lowest BCUT2D eigenvalue weighted by atomic mass is 9.98. The Hall–Kier alpha value is -1.75. The van der Waals surface area contributed by atoms with E-state index in [1.807, 2.05) is 16.9 Å². The summed E-state index contributed by atoms with van der Waals surface area (Å²) in [5.74, 6) is -1.40. The van der Waals surface area contributed by atoms with Crippen molar-refractivity contribution < 1.29 is 22.3 Å². The average molecular weight is 556 g/mol. The Morgan fingerprint density at radius 1 is 1.08 bits per heavy atom. The van der Waals surface area contributed by atoms with Gasteiger partial charge in [-0.2, -0.15) is 12.7 Å². The second kappa shape index (κ2) is 10.6. The molecule has 11 heteroatoms. The number of ether oxygens (including phenoxy) is 1. The molecule has 0 aromatic heterocycles. The van der Waals surface area contributed by atoms with E-state index >= 15 is 4.39 Å². The number of carbonyl (C=O) groups excluding carboxylic acids is 1. The Kier molecular flexibility index (Phi) is 7.59. The third kappa shape index (κ3) is 6.03. The second-order valence-corrected chi connectivity index (χ2v) is 12.2. The van der Waals surface area contributed by atoms with Crippen LogP contribution in [-0.2, 0) is 27.9 Å². The van der Waals surface area contributed by atoms with Gasteiger partial charge in [0.05, 0.1) is 18.3 Å². The van der Waals surface area contributed by atoms with Crippen LogP contribution in [0.2, 0.25) is 10.0 Å². The molecule has 1 N–H and O–H groups in total. The van der Waals surface area contributed by atoms with E-state index in [9.17, 15) is 13.2 Å². The lowest BCUT2D eigenvalue weighted by molar-refractivity contribution is -0.0305. The van der Waals surface area contributed by atoms with Crippen molar-refractivity contribution in [3.8, 4) is 0 Å². The van der Waals surface area contributed by atoms with Crippen LogP contribution in [0.25, 0.3) is 0 Å². The molecule has 1 saturated carbocycles. The van der Waals surface area contributed by atoms with Gasteiger partial charge in [-0.15, -0.1) is 0 Å². The minimum atomic E-state index is -3.95. The Morgan fingerprint density at radius 3 is 2.44 bits per heavy atom. The number of rotatable bonds is 8. The fourth-order valence-electron chi connectivity index (χ4n) is 4.76. The van der Waals surface area contributed by atoms with E-state index in [1.54, 1.807) is 6.07 Å². The van der Waals surface area contributed by atoms with E-state index in [0.29, 0.717) is 55.8 Å². The molecule has 2 saturated heterocycles. The number of amides is 1. The molecule has 3 fully saturated rings. The summed E-state index contributed by atoms with van der Waals surface area (Å²) in [5, 5.41) is 1.16. The normalized spacial score (nSPS) is 21.2. The van der Waals surface area contributed by atoms with Crippen molar-refractivity contribution in [2.24, 2.45) is 0 Å². The molecule has 1 aliphatic carbocycles. The highest BCUT2D eigenvalue weighted by molar-refractivity contribution is 7.87. The van der Waals surface area contributed by atoms with Gasteiger partial charge in [0.15, 0.2) is 0 Å². The first-order chi connectivity index (χ1) is 17.2. The van der Waals surface area contributed by atoms with E-state index < -0.39 is 21.9 Å². The summed E-state index contributed by atoms with van der Waals surface area (Å²) in [6.07, 6.45) is 3.28. The van der Waals surface area contributed by atoms with Crippen molar-refractivity contribution in [1.82, 2.24) is 13.9 Å². The standard InChI is InChI=1S/C25H28Cl2FN3O4S/c26-19-8-16(9-20(27)12-19)10-21-15-30(6-7-35-21)14-18-11-24(28)23(13-22(18)17-2-3-17)25(32)29-36(33,34)31-4-1-5-31/h8-9,11-13,17,21H,1-7,10,14-15H2,(H,29,32)/t21-/m1/s1. The van der Waals surface area contributed by atoms with Crippen molar-refractivity contribution in [3.63, 3.8) is 0 Å². The van der Waals surface area contributed by atoms with Crippen LogP contribution in [0.3, 0.4) is 0 Å². The van der Waals surface area contributed by atoms with E-state index in [1.165, 1.54) is 16.4 Å². The van der Waals surface area contributed by atoms with Crippen LogP contribution in [0.4, 0.5) is 4.39 Å². The molecule has 7 nitrogen and oxygen atoms in total. The zero-order chi connectivity index (χ0) is 25.4. The molecule has 0 unspecified atom stereocenters. The second-order valence-electron chi connectivity index (χ2n) is 9.70. The number of benzene rings is 2. The van der Waals surface area contributed by atoms with Crippen LogP contribution in [0.15, 0.2) is 30.3 Å². The minimum Gasteiger partial charge on any atom is -0.375 e. The van der Waals surface area contributed by atoms with Crippen LogP contribution >= 0.6 is 23.2 Å². The Morgan fingerprint density at radius 2 is 1.81 bits per heavy atom. The minimum absolute atomic E-state index is 0.0562. The highest BCUT2D eigenvalue weighted by Gasteiger charge is 2.33. The molecule has 2 aromatic carbocycles. The van der Waals surface area contributed by atoms with Gasteiger partial charge in [-0.25, -0.2) is 9.11 Å². The SMILES string of the molecule is O=C(NS(=O)(=O)N1CCC1)c1cc(C2CC2)c(CN2CCO[C@H](Cc3cc(Cl)cc(Cl)c3)C2)cc1F. The lowest BCUT2D eigenvalue weighted by Gasteiger charge is -2.33. The van der Waals surface area contributed by atoms with Crippen LogP contribution in [0.1, 0.15) is 52.2 Å². The molecule has 2 aliphatic heterocycles. The molecule has 194 valence electrons. The maximum Gasteiger partial charge on any atom is 0.304 e. The van der Waals surface area contributed by atoms with Crippen molar-refractivity contribution in [2.75, 3.05) is 32.8 Å². The summed E-state index contributed by atoms with van der Waals surface area (Å²) < 4.78 is 48.8. The molecule has 1 atom stereocenters. The summed E-state index contributed by atoms with van der Waals surface area (Å²) in [7, 11) is -3.95. The van der Waals surface area contributed by atoms with Gasteiger partial charge in [0, 0.05) is 42.8 Å². The summed E-state index contributed by atoms with van der Waals surface area (Å²) in [6.45, 7) is 3.16. The molecule has 1 amide bonds. The fraction of sp³-hybridized carbons (Fsp3) is 0.480. The van der Waals surface area contributed by atoms with Crippen molar-refractivity contribution in [2.45, 2.75) is 44.2 Å². The zero-order valence-corrected chi connectivity index (χ0v) is 22.0. The molecule has 0 bridgehead atoms. The Labute approximate surface area is 220 Å². The highest BCUT2D eigenvalue weighted by atomic mass is 35.5. The van der Waals surface area contributed by atoms with Gasteiger partial charge < -0.3 is 4.74 Å². The summed E-state index contributed by atoms with van der Waals surface area (Å²) in [4.78, 5) is 14.9. The molecule has 2 heterocycles. The predicted octanol–water partition coefficient (Wildman–Crippen LogP) is 4.13. The van der Waals surface area contributed by atoms with Crippen molar-refractivity contribution in [1.29, 1.82) is 0 Å². The van der Waals surface area contributed by atoms with Gasteiger partial charge in [0.2, 0.25) is 0 Å². The quantitative estimate of drug-likeness (QED) is 0.529. The molecule has 5 rings (SSSR count). The summed E-state index contributed by atoms with van der Waals surface area (Å²) in [6, 6.07) is 8.37. The van der Waals surface area contributed by atoms with Gasteiger partial charge in [0.25, 0.3) is 5.91 Å². The average Bonchev–Trinajstić information content (AvgIpc) is 3.56. The zero-order valence-electron chi connectivity index (χ0n) is 19.7. The van der Waals surface area contributed by atoms with Gasteiger partial charge in [-0.3, -0.25) is 9.69 Å². The molecule has 2 aromatic rings. The molecule has 3 aliphatic rings. The van der Waals surface area contributed by atoms with Crippen molar-refractivity contribution >= 4 is 39.3 Å². The number of hydrogen-bond donors (Lipinski definition) is 1. The number of nitrogens with zero attached hydrogens (tertiary/aromatic N) is 2. The monoisotopic (exact) mass is 555 g/mol. The van der Waals surface area contributed by atoms with Crippen LogP contribution in [0, 0.1) is 5.82 Å². The van der Waals surface area contributed by atoms with Gasteiger partial charge in [0.1, 0.15) is 5.82 Å². The maximum atomic E-state index is 15.1. The molecular formula is C25H28Cl2FN3O4S. The van der Waals surface area contributed by atoms with Crippen LogP contribution in [0.5, 0.6) is 0 Å². The van der Waals surface area contributed by atoms with Gasteiger partial charge in [-0.05, 0) is 78.6 Å². The van der Waals surface area contributed by atoms with E-state index in [4.69, 9.17) is 27.9 Å². The number of morpholine rings is 1. The Balaban J connectivity index is 1.30. The first-order valence-electron chi connectivity index (χ1n) is 12.1. The van der Waals surface area contributed by atoms with Gasteiger partial charge in [-0.1, -0.05) is 23.2 Å². The number of halogens is 3. The first kappa shape index (κ1) is 25.9. The number of carbonyl (C=O) groups is 1. The van der Waals surface area contributed by atoms with Crippen LogP contribution < -0.4 is 4.72 Å². The molecule has 36 heavy (non-hydrogen) atoms. The van der Waals surface area contributed by atoms with Crippen LogP contribution in [-0.4, -0.2) is 62.4 Å². The molecule has 0 spiro atoms. The summed E-state index contributed by atoms with van der Waals surface area (Å²) >= 11 is 12.3. The first-order valence-corrected chi connectivity index (χ1v) is 14.3. The maximum absolute atomic E-state index is 15.1. The smallest absolute Gasteiger partial charge is 0.304 e. The van der Waals surface area contributed by atoms with E-state index in [2.05, 4.69) is 4.90 Å². The Bertz CT molecular complexity index is 1250. The molecule has 0 radical (unpaired) electrons. The van der Waals surface area contributed by atoms with Crippen molar-refractivity contribution in [3.05, 3.63) is 68.4 Å². The largest absolute Gasteiger partial charge is 0.375 e. The summed E-state index contributed by atoms with van der Waals surface area (Å²) in [5.41, 5.74) is 2.49. The number of nitrogens with one attached hydrogen (secondary N) is 1. The lowest BCUT2D eigenvalue weighted by Crippen LogP contribution is -2.49. The predicted molar refractivity (Wildman–Crippen MR) is 136 cm³/mol.